The first-order valence-electron chi connectivity index (χ1n) is 4.07. The summed E-state index contributed by atoms with van der Waals surface area (Å²) in [4.78, 5) is 10.2. The third-order valence-corrected chi connectivity index (χ3v) is 1.48. The first kappa shape index (κ1) is 10.9. The molecule has 2 heteroatoms. The summed E-state index contributed by atoms with van der Waals surface area (Å²) in [6.07, 6.45) is 0.954. The summed E-state index contributed by atoms with van der Waals surface area (Å²) in [6, 6.07) is 0. The first-order chi connectivity index (χ1) is 4.98. The van der Waals surface area contributed by atoms with Crippen LogP contribution in [0.3, 0.4) is 0 Å². The molecule has 67 valence electrons. The molecule has 11 heavy (non-hydrogen) atoms. The lowest BCUT2D eigenvalue weighted by atomic mass is 10.1. The molecule has 0 N–H and O–H groups in total. The van der Waals surface area contributed by atoms with Gasteiger partial charge in [-0.05, 0) is 26.2 Å². The van der Waals surface area contributed by atoms with E-state index in [9.17, 15) is 0 Å². The lowest BCUT2D eigenvalue weighted by molar-refractivity contribution is -0.350. The van der Waals surface area contributed by atoms with Gasteiger partial charge in [-0.1, -0.05) is 20.8 Å². The smallest absolute Gasteiger partial charge is 0.0977 e. The van der Waals surface area contributed by atoms with E-state index in [0.29, 0.717) is 6.61 Å². The minimum atomic E-state index is -0.157. The zero-order valence-electron chi connectivity index (χ0n) is 8.23. The Morgan fingerprint density at radius 3 is 2.18 bits per heavy atom. The Morgan fingerprint density at radius 2 is 1.82 bits per heavy atom. The average molecular weight is 159 g/mol. The highest BCUT2D eigenvalue weighted by Gasteiger charge is 2.16. The van der Waals surface area contributed by atoms with Crippen molar-refractivity contribution in [3.63, 3.8) is 0 Å². The second kappa shape index (κ2) is 4.73. The summed E-state index contributed by atoms with van der Waals surface area (Å²) >= 11 is 0. The van der Waals surface area contributed by atoms with E-state index in [1.54, 1.807) is 0 Å². The van der Waals surface area contributed by atoms with E-state index in [1.807, 2.05) is 27.7 Å². The van der Waals surface area contributed by atoms with Crippen LogP contribution in [0.15, 0.2) is 0 Å². The van der Waals surface area contributed by atoms with Crippen molar-refractivity contribution in [2.24, 2.45) is 0 Å². The van der Waals surface area contributed by atoms with Crippen LogP contribution in [-0.2, 0) is 9.78 Å². The third kappa shape index (κ3) is 6.32. The van der Waals surface area contributed by atoms with Crippen molar-refractivity contribution in [1.82, 2.24) is 0 Å². The predicted octanol–water partition coefficient (Wildman–Crippen LogP) is 2.74. The van der Waals surface area contributed by atoms with Crippen LogP contribution in [0.4, 0.5) is 0 Å². The fraction of sp³-hybridized carbons (Fsp3) is 0.889. The van der Waals surface area contributed by atoms with Crippen molar-refractivity contribution in [2.45, 2.75) is 46.6 Å². The Bertz CT molecular complexity index is 97.7. The van der Waals surface area contributed by atoms with Gasteiger partial charge in [-0.3, -0.25) is 0 Å². The van der Waals surface area contributed by atoms with Gasteiger partial charge in [0, 0.05) is 0 Å². The van der Waals surface area contributed by atoms with E-state index in [0.717, 1.165) is 6.42 Å². The fourth-order valence-corrected chi connectivity index (χ4v) is 0.366. The van der Waals surface area contributed by atoms with E-state index < -0.39 is 0 Å². The molecule has 1 radical (unpaired) electrons. The van der Waals surface area contributed by atoms with Crippen LogP contribution in [0.1, 0.15) is 41.0 Å². The highest BCUT2D eigenvalue weighted by Crippen LogP contribution is 2.14. The molecule has 0 saturated carbocycles. The molecule has 0 bridgehead atoms. The van der Waals surface area contributed by atoms with Gasteiger partial charge in [-0.15, -0.1) is 0 Å². The third-order valence-electron chi connectivity index (χ3n) is 1.48. The predicted molar refractivity (Wildman–Crippen MR) is 46.0 cm³/mol. The molecular formula is C9H19O2. The molecule has 0 aromatic carbocycles. The van der Waals surface area contributed by atoms with Crippen LogP contribution in [0, 0.1) is 5.92 Å². The lowest BCUT2D eigenvalue weighted by Crippen LogP contribution is -2.23. The van der Waals surface area contributed by atoms with E-state index >= 15 is 0 Å². The quantitative estimate of drug-likeness (QED) is 0.453. The summed E-state index contributed by atoms with van der Waals surface area (Å²) < 4.78 is 0. The van der Waals surface area contributed by atoms with Crippen LogP contribution in [0.5, 0.6) is 0 Å². The van der Waals surface area contributed by atoms with Gasteiger partial charge in [-0.2, -0.15) is 0 Å². The van der Waals surface area contributed by atoms with Crippen molar-refractivity contribution in [2.75, 3.05) is 6.61 Å². The van der Waals surface area contributed by atoms with Gasteiger partial charge in [-0.25, -0.2) is 9.78 Å². The molecule has 0 aliphatic rings. The van der Waals surface area contributed by atoms with E-state index in [-0.39, 0.29) is 5.60 Å². The van der Waals surface area contributed by atoms with Gasteiger partial charge >= 0.3 is 0 Å². The van der Waals surface area contributed by atoms with Crippen LogP contribution >= 0.6 is 0 Å². The molecule has 0 aliphatic carbocycles. The normalized spacial score (nSPS) is 12.5. The van der Waals surface area contributed by atoms with Gasteiger partial charge in [0.25, 0.3) is 0 Å². The molecule has 0 saturated heterocycles. The average Bonchev–Trinajstić information content (AvgIpc) is 1.87. The highest BCUT2D eigenvalue weighted by atomic mass is 17.2. The van der Waals surface area contributed by atoms with Crippen LogP contribution in [-0.4, -0.2) is 12.2 Å². The SMILES string of the molecule is CCC(C)(C)OOC[C](C)C. The standard InChI is InChI=1S/C9H19O2/c1-6-9(4,5)11-10-7-8(2)3/h6-7H2,1-5H3. The van der Waals surface area contributed by atoms with Gasteiger partial charge in [0.1, 0.15) is 0 Å². The molecular weight excluding hydrogens is 140 g/mol. The Kier molecular flexibility index (Phi) is 4.69. The van der Waals surface area contributed by atoms with Crippen molar-refractivity contribution < 1.29 is 9.78 Å². The fourth-order valence-electron chi connectivity index (χ4n) is 0.366. The molecule has 0 aromatic heterocycles. The molecule has 0 rings (SSSR count). The summed E-state index contributed by atoms with van der Waals surface area (Å²) in [6.45, 7) is 10.7. The Balaban J connectivity index is 3.38. The molecule has 0 unspecified atom stereocenters. The Morgan fingerprint density at radius 1 is 1.27 bits per heavy atom. The maximum absolute atomic E-state index is 5.17. The zero-order chi connectivity index (χ0) is 8.91. The van der Waals surface area contributed by atoms with E-state index in [1.165, 1.54) is 5.92 Å². The first-order valence-corrected chi connectivity index (χ1v) is 4.07. The molecule has 0 amide bonds. The number of hydrogen-bond donors (Lipinski definition) is 0. The number of hydrogen-bond acceptors (Lipinski definition) is 2. The second-order valence-electron chi connectivity index (χ2n) is 3.67. The lowest BCUT2D eigenvalue weighted by Gasteiger charge is -2.21. The highest BCUT2D eigenvalue weighted by molar-refractivity contribution is 4.74. The monoisotopic (exact) mass is 159 g/mol. The maximum atomic E-state index is 5.17. The molecule has 0 atom stereocenters. The summed E-state index contributed by atoms with van der Waals surface area (Å²) in [5.74, 6) is 1.22. The number of rotatable bonds is 5. The Labute approximate surface area is 69.8 Å². The summed E-state index contributed by atoms with van der Waals surface area (Å²) in [5.41, 5.74) is -0.157. The largest absolute Gasteiger partial charge is 0.236 e. The van der Waals surface area contributed by atoms with E-state index in [2.05, 4.69) is 6.92 Å². The molecule has 2 nitrogen and oxygen atoms in total. The topological polar surface area (TPSA) is 18.5 Å². The van der Waals surface area contributed by atoms with E-state index in [4.69, 9.17) is 9.78 Å². The van der Waals surface area contributed by atoms with Crippen molar-refractivity contribution >= 4 is 0 Å². The molecule has 0 spiro atoms. The molecule has 0 heterocycles. The molecule has 0 fully saturated rings. The zero-order valence-corrected chi connectivity index (χ0v) is 8.23. The van der Waals surface area contributed by atoms with Gasteiger partial charge in [0.2, 0.25) is 0 Å². The van der Waals surface area contributed by atoms with Gasteiger partial charge < -0.3 is 0 Å². The van der Waals surface area contributed by atoms with Crippen LogP contribution in [0.25, 0.3) is 0 Å². The minimum Gasteiger partial charge on any atom is -0.236 e. The molecule has 0 aromatic rings. The molecule has 0 aliphatic heterocycles. The van der Waals surface area contributed by atoms with Crippen molar-refractivity contribution in [3.8, 4) is 0 Å². The van der Waals surface area contributed by atoms with Gasteiger partial charge in [0.15, 0.2) is 0 Å². The minimum absolute atomic E-state index is 0.157. The summed E-state index contributed by atoms with van der Waals surface area (Å²) in [5, 5.41) is 0. The van der Waals surface area contributed by atoms with Crippen LogP contribution < -0.4 is 0 Å². The summed E-state index contributed by atoms with van der Waals surface area (Å²) in [7, 11) is 0. The second-order valence-corrected chi connectivity index (χ2v) is 3.67. The van der Waals surface area contributed by atoms with Gasteiger partial charge in [0.05, 0.1) is 12.2 Å². The van der Waals surface area contributed by atoms with Crippen molar-refractivity contribution in [1.29, 1.82) is 0 Å². The maximum Gasteiger partial charge on any atom is 0.0977 e. The Hall–Kier alpha value is -0.0800. The van der Waals surface area contributed by atoms with Crippen LogP contribution in [0.2, 0.25) is 0 Å². The van der Waals surface area contributed by atoms with Crippen molar-refractivity contribution in [3.05, 3.63) is 5.92 Å².